The van der Waals surface area contributed by atoms with E-state index in [0.29, 0.717) is 11.1 Å². The minimum atomic E-state index is -0.258. The topological polar surface area (TPSA) is 51.5 Å². The number of carbonyl (C=O) groups excluding carboxylic acids is 2. The van der Waals surface area contributed by atoms with Crippen LogP contribution < -0.4 is 0 Å². The van der Waals surface area contributed by atoms with Crippen molar-refractivity contribution in [2.24, 2.45) is 0 Å². The van der Waals surface area contributed by atoms with Crippen molar-refractivity contribution < 1.29 is 29.1 Å². The number of hydrogen-bond donors (Lipinski definition) is 0. The molecule has 2 amide bonds. The van der Waals surface area contributed by atoms with Gasteiger partial charge in [-0.2, -0.15) is 0 Å². The summed E-state index contributed by atoms with van der Waals surface area (Å²) in [5.74, 6) is -0.517. The molecule has 3 rings (SSSR count). The van der Waals surface area contributed by atoms with E-state index in [1.165, 1.54) is 7.05 Å². The van der Waals surface area contributed by atoms with Crippen molar-refractivity contribution in [2.45, 2.75) is 26.3 Å². The molecule has 5 heteroatoms. The summed E-state index contributed by atoms with van der Waals surface area (Å²) >= 11 is 0. The SMILES string of the molecule is CN1C(=O)c2cccc3c([N-]C(C)(C)C)ccc(c23)C1=O.[Rh]. The Morgan fingerprint density at radius 2 is 1.55 bits per heavy atom. The van der Waals surface area contributed by atoms with Crippen LogP contribution >= 0.6 is 0 Å². The number of nitrogens with zero attached hydrogens (tertiary/aromatic N) is 2. The summed E-state index contributed by atoms with van der Waals surface area (Å²) in [7, 11) is 1.51. The van der Waals surface area contributed by atoms with Crippen LogP contribution in [0.15, 0.2) is 30.3 Å². The Morgan fingerprint density at radius 1 is 0.955 bits per heavy atom. The van der Waals surface area contributed by atoms with E-state index < -0.39 is 0 Å². The van der Waals surface area contributed by atoms with E-state index in [1.54, 1.807) is 12.1 Å². The fourth-order valence-electron chi connectivity index (χ4n) is 2.66. The number of rotatable bonds is 1. The van der Waals surface area contributed by atoms with Crippen LogP contribution in [0.5, 0.6) is 0 Å². The van der Waals surface area contributed by atoms with Crippen molar-refractivity contribution in [3.63, 3.8) is 0 Å². The summed E-state index contributed by atoms with van der Waals surface area (Å²) in [4.78, 5) is 25.7. The van der Waals surface area contributed by atoms with Crippen molar-refractivity contribution in [3.05, 3.63) is 46.8 Å². The zero-order chi connectivity index (χ0) is 15.4. The zero-order valence-electron chi connectivity index (χ0n) is 12.9. The Labute approximate surface area is 142 Å². The second-order valence-corrected chi connectivity index (χ2v) is 6.31. The predicted molar refractivity (Wildman–Crippen MR) is 83.1 cm³/mol. The molecule has 0 atom stereocenters. The van der Waals surface area contributed by atoms with E-state index in [9.17, 15) is 9.59 Å². The third-order valence-corrected chi connectivity index (χ3v) is 3.54. The van der Waals surface area contributed by atoms with Gasteiger partial charge in [0.05, 0.1) is 0 Å². The molecule has 1 radical (unpaired) electrons. The van der Waals surface area contributed by atoms with Crippen LogP contribution in [0.3, 0.4) is 0 Å². The molecule has 117 valence electrons. The van der Waals surface area contributed by atoms with Gasteiger partial charge in [-0.15, -0.1) is 11.2 Å². The van der Waals surface area contributed by atoms with E-state index in [-0.39, 0.29) is 36.8 Å². The van der Waals surface area contributed by atoms with E-state index in [4.69, 9.17) is 5.32 Å². The first-order valence-electron chi connectivity index (χ1n) is 6.90. The molecule has 0 unspecified atom stereocenters. The van der Waals surface area contributed by atoms with Gasteiger partial charge in [-0.05, 0) is 17.5 Å². The third kappa shape index (κ3) is 2.54. The first-order valence-corrected chi connectivity index (χ1v) is 6.90. The molecule has 0 saturated heterocycles. The smallest absolute Gasteiger partial charge is 0.261 e. The minimum Gasteiger partial charge on any atom is -0.679 e. The maximum atomic E-state index is 12.3. The summed E-state index contributed by atoms with van der Waals surface area (Å²) in [5.41, 5.74) is 1.72. The molecule has 4 nitrogen and oxygen atoms in total. The molecule has 2 aromatic rings. The number of benzene rings is 2. The van der Waals surface area contributed by atoms with E-state index in [1.807, 2.05) is 39.0 Å². The maximum Gasteiger partial charge on any atom is 0.261 e. The molecule has 0 aliphatic carbocycles. The quantitative estimate of drug-likeness (QED) is 0.554. The normalized spacial score (nSPS) is 14.1. The molecule has 0 fully saturated rings. The Hall–Kier alpha value is -1.74. The average molecular weight is 384 g/mol. The molecular formula is C17H17N2O2Rh-. The monoisotopic (exact) mass is 384 g/mol. The molecule has 1 aliphatic heterocycles. The fraction of sp³-hybridized carbons (Fsp3) is 0.294. The van der Waals surface area contributed by atoms with E-state index in [0.717, 1.165) is 21.4 Å². The van der Waals surface area contributed by atoms with Gasteiger partial charge in [-0.25, -0.2) is 0 Å². The van der Waals surface area contributed by atoms with Crippen LogP contribution in [-0.4, -0.2) is 29.3 Å². The Bertz CT molecular complexity index is 756. The maximum absolute atomic E-state index is 12.3. The average Bonchev–Trinajstić information content (AvgIpc) is 2.42. The van der Waals surface area contributed by atoms with Gasteiger partial charge < -0.3 is 5.32 Å². The van der Waals surface area contributed by atoms with Gasteiger partial charge in [0.1, 0.15) is 0 Å². The second-order valence-electron chi connectivity index (χ2n) is 6.31. The molecule has 0 spiro atoms. The van der Waals surface area contributed by atoms with Crippen molar-refractivity contribution in [3.8, 4) is 0 Å². The Kier molecular flexibility index (Phi) is 4.14. The summed E-state index contributed by atoms with van der Waals surface area (Å²) in [5, 5.41) is 6.27. The van der Waals surface area contributed by atoms with Crippen LogP contribution in [-0.2, 0) is 19.5 Å². The number of imide groups is 1. The standard InChI is InChI=1S/C17H18N2O2.Rh/c1-17(2,3)18-13-9-8-12-14-10(13)6-5-7-11(14)15(20)19(4)16(12)21;/h5-9H,1-4H3,(H,18,20,21);/p-1. The number of carbonyl (C=O) groups is 2. The van der Waals surface area contributed by atoms with Gasteiger partial charge in [-0.1, -0.05) is 39.0 Å². The second kappa shape index (κ2) is 5.47. The molecule has 0 bridgehead atoms. The van der Waals surface area contributed by atoms with E-state index >= 15 is 0 Å². The van der Waals surface area contributed by atoms with Gasteiger partial charge in [0.15, 0.2) is 0 Å². The molecule has 2 aromatic carbocycles. The summed E-state index contributed by atoms with van der Waals surface area (Å²) in [6, 6.07) is 9.14. The van der Waals surface area contributed by atoms with Crippen LogP contribution in [0.4, 0.5) is 5.69 Å². The fourth-order valence-corrected chi connectivity index (χ4v) is 2.66. The van der Waals surface area contributed by atoms with Crippen LogP contribution in [0, 0.1) is 0 Å². The van der Waals surface area contributed by atoms with Crippen molar-refractivity contribution in [1.82, 2.24) is 4.90 Å². The molecule has 1 heterocycles. The molecule has 1 aliphatic rings. The van der Waals surface area contributed by atoms with Crippen molar-refractivity contribution in [1.29, 1.82) is 0 Å². The molecule has 22 heavy (non-hydrogen) atoms. The van der Waals surface area contributed by atoms with Crippen molar-refractivity contribution in [2.75, 3.05) is 7.05 Å². The first kappa shape index (κ1) is 16.6. The number of hydrogen-bond acceptors (Lipinski definition) is 2. The van der Waals surface area contributed by atoms with Gasteiger partial charge in [-0.3, -0.25) is 14.5 Å². The Morgan fingerprint density at radius 3 is 2.14 bits per heavy atom. The van der Waals surface area contributed by atoms with Gasteiger partial charge in [0, 0.05) is 43.0 Å². The summed E-state index contributed by atoms with van der Waals surface area (Å²) in [6.45, 7) is 6.06. The minimum absolute atomic E-state index is 0. The van der Waals surface area contributed by atoms with Crippen molar-refractivity contribution >= 4 is 28.3 Å². The predicted octanol–water partition coefficient (Wildman–Crippen LogP) is 3.87. The van der Waals surface area contributed by atoms with E-state index in [2.05, 4.69) is 0 Å². The number of amides is 2. The van der Waals surface area contributed by atoms with Gasteiger partial charge in [0.25, 0.3) is 11.8 Å². The zero-order valence-corrected chi connectivity index (χ0v) is 14.6. The van der Waals surface area contributed by atoms with Gasteiger partial charge >= 0.3 is 0 Å². The third-order valence-electron chi connectivity index (χ3n) is 3.54. The van der Waals surface area contributed by atoms with Crippen LogP contribution in [0.1, 0.15) is 41.5 Å². The van der Waals surface area contributed by atoms with Gasteiger partial charge in [0.2, 0.25) is 0 Å². The molecular weight excluding hydrogens is 367 g/mol. The molecule has 0 aromatic heterocycles. The summed E-state index contributed by atoms with van der Waals surface area (Å²) < 4.78 is 0. The summed E-state index contributed by atoms with van der Waals surface area (Å²) in [6.07, 6.45) is 0. The molecule has 0 saturated carbocycles. The van der Waals surface area contributed by atoms with Crippen LogP contribution in [0.2, 0.25) is 0 Å². The first-order chi connectivity index (χ1) is 9.79. The largest absolute Gasteiger partial charge is 0.679 e. The molecule has 0 N–H and O–H groups in total. The van der Waals surface area contributed by atoms with Crippen LogP contribution in [0.25, 0.3) is 16.1 Å². The Balaban J connectivity index is 0.00000176.